The lowest BCUT2D eigenvalue weighted by atomic mass is 9.95. The molecule has 1 aliphatic rings. The van der Waals surface area contributed by atoms with Gasteiger partial charge < -0.3 is 10.4 Å². The van der Waals surface area contributed by atoms with E-state index in [1.807, 2.05) is 6.92 Å². The number of carbonyl (C=O) groups is 2. The van der Waals surface area contributed by atoms with E-state index in [0.717, 1.165) is 5.56 Å². The third kappa shape index (κ3) is 3.43. The molecular formula is C15H17BrFNO3. The maximum Gasteiger partial charge on any atom is 0.307 e. The average molecular weight is 358 g/mol. The Kier molecular flexibility index (Phi) is 4.66. The second-order valence-electron chi connectivity index (χ2n) is 5.70. The second-order valence-corrected chi connectivity index (χ2v) is 6.55. The van der Waals surface area contributed by atoms with Crippen molar-refractivity contribution in [3.8, 4) is 0 Å². The highest BCUT2D eigenvalue weighted by molar-refractivity contribution is 9.10. The molecule has 114 valence electrons. The number of aliphatic carboxylic acids is 1. The lowest BCUT2D eigenvalue weighted by Gasteiger charge is -2.17. The molecule has 2 N–H and O–H groups in total. The molecule has 1 aromatic carbocycles. The molecule has 0 bridgehead atoms. The summed E-state index contributed by atoms with van der Waals surface area (Å²) in [6, 6.07) is 2.82. The standard InChI is InChI=1S/C15H17BrFNO3/c1-7-3-9(10(4-7)15(20)21)14(19)18-13-6-12(17)11(16)5-8(13)2/h5-7,9-10H,3-4H2,1-2H3,(H,18,19)(H,20,21)/t7?,9-,10+/m0/s1. The zero-order chi connectivity index (χ0) is 15.7. The molecule has 0 saturated heterocycles. The van der Waals surface area contributed by atoms with Crippen molar-refractivity contribution in [2.24, 2.45) is 17.8 Å². The van der Waals surface area contributed by atoms with Crippen LogP contribution in [0, 0.1) is 30.5 Å². The number of nitrogens with one attached hydrogen (secondary N) is 1. The van der Waals surface area contributed by atoms with Crippen LogP contribution in [0.15, 0.2) is 16.6 Å². The molecule has 0 radical (unpaired) electrons. The molecule has 1 saturated carbocycles. The van der Waals surface area contributed by atoms with Crippen LogP contribution in [-0.4, -0.2) is 17.0 Å². The quantitative estimate of drug-likeness (QED) is 0.868. The number of halogens is 2. The predicted molar refractivity (Wildman–Crippen MR) is 80.5 cm³/mol. The zero-order valence-electron chi connectivity index (χ0n) is 11.8. The molecule has 1 amide bonds. The minimum atomic E-state index is -0.946. The van der Waals surface area contributed by atoms with Crippen molar-refractivity contribution < 1.29 is 19.1 Å². The smallest absolute Gasteiger partial charge is 0.307 e. The highest BCUT2D eigenvalue weighted by Gasteiger charge is 2.41. The van der Waals surface area contributed by atoms with Gasteiger partial charge in [0, 0.05) is 5.69 Å². The first kappa shape index (κ1) is 15.9. The largest absolute Gasteiger partial charge is 0.481 e. The van der Waals surface area contributed by atoms with Gasteiger partial charge >= 0.3 is 5.97 Å². The monoisotopic (exact) mass is 357 g/mol. The minimum absolute atomic E-state index is 0.199. The summed E-state index contributed by atoms with van der Waals surface area (Å²) in [5.74, 6) is -2.80. The molecular weight excluding hydrogens is 341 g/mol. The molecule has 0 aliphatic heterocycles. The van der Waals surface area contributed by atoms with Gasteiger partial charge in [0.25, 0.3) is 0 Å². The van der Waals surface area contributed by atoms with Gasteiger partial charge in [0.05, 0.1) is 16.3 Å². The summed E-state index contributed by atoms with van der Waals surface area (Å²) >= 11 is 3.08. The Labute approximate surface area is 130 Å². The van der Waals surface area contributed by atoms with Crippen LogP contribution in [0.25, 0.3) is 0 Å². The SMILES string of the molecule is Cc1cc(Br)c(F)cc1NC(=O)[C@H]1CC(C)C[C@H]1C(=O)O. The Balaban J connectivity index is 2.18. The van der Waals surface area contributed by atoms with Crippen LogP contribution in [0.1, 0.15) is 25.3 Å². The van der Waals surface area contributed by atoms with Gasteiger partial charge in [-0.15, -0.1) is 0 Å². The summed E-state index contributed by atoms with van der Waals surface area (Å²) in [4.78, 5) is 23.5. The molecule has 3 atom stereocenters. The topological polar surface area (TPSA) is 66.4 Å². The van der Waals surface area contributed by atoms with Gasteiger partial charge in [-0.2, -0.15) is 0 Å². The maximum atomic E-state index is 13.6. The summed E-state index contributed by atoms with van der Waals surface area (Å²) in [7, 11) is 0. The number of hydrogen-bond donors (Lipinski definition) is 2. The highest BCUT2D eigenvalue weighted by atomic mass is 79.9. The fourth-order valence-electron chi connectivity index (χ4n) is 2.86. The molecule has 6 heteroatoms. The van der Waals surface area contributed by atoms with Crippen LogP contribution in [0.5, 0.6) is 0 Å². The summed E-state index contributed by atoms with van der Waals surface area (Å²) in [6.45, 7) is 3.69. The Morgan fingerprint density at radius 1 is 1.33 bits per heavy atom. The van der Waals surface area contributed by atoms with Gasteiger partial charge in [-0.1, -0.05) is 6.92 Å². The number of hydrogen-bond acceptors (Lipinski definition) is 2. The van der Waals surface area contributed by atoms with E-state index < -0.39 is 23.6 Å². The van der Waals surface area contributed by atoms with Crippen LogP contribution < -0.4 is 5.32 Å². The first-order valence-electron chi connectivity index (χ1n) is 6.79. The number of carboxylic acid groups (broad SMARTS) is 1. The Morgan fingerprint density at radius 2 is 1.95 bits per heavy atom. The number of benzene rings is 1. The molecule has 1 aliphatic carbocycles. The molecule has 1 fully saturated rings. The summed E-state index contributed by atoms with van der Waals surface area (Å²) < 4.78 is 13.9. The first-order valence-corrected chi connectivity index (χ1v) is 7.58. The Bertz CT molecular complexity index is 591. The Morgan fingerprint density at radius 3 is 2.57 bits per heavy atom. The first-order chi connectivity index (χ1) is 9.79. The number of rotatable bonds is 3. The maximum absolute atomic E-state index is 13.6. The van der Waals surface area contributed by atoms with Gasteiger partial charge in [0.1, 0.15) is 5.82 Å². The van der Waals surface area contributed by atoms with Gasteiger partial charge in [-0.05, 0) is 59.3 Å². The summed E-state index contributed by atoms with van der Waals surface area (Å²) in [6.07, 6.45) is 1.04. The molecule has 4 nitrogen and oxygen atoms in total. The molecule has 1 unspecified atom stereocenters. The van der Waals surface area contributed by atoms with Crippen molar-refractivity contribution in [3.63, 3.8) is 0 Å². The van der Waals surface area contributed by atoms with Crippen LogP contribution in [-0.2, 0) is 9.59 Å². The normalized spacial score (nSPS) is 24.9. The molecule has 2 rings (SSSR count). The Hall–Kier alpha value is -1.43. The number of anilines is 1. The number of aryl methyl sites for hydroxylation is 1. The fourth-order valence-corrected chi connectivity index (χ4v) is 3.32. The van der Waals surface area contributed by atoms with Crippen LogP contribution in [0.2, 0.25) is 0 Å². The second kappa shape index (κ2) is 6.13. The summed E-state index contributed by atoms with van der Waals surface area (Å²) in [5, 5.41) is 11.9. The molecule has 21 heavy (non-hydrogen) atoms. The van der Waals surface area contributed by atoms with Crippen LogP contribution in [0.4, 0.5) is 10.1 Å². The van der Waals surface area contributed by atoms with E-state index in [-0.39, 0.29) is 11.8 Å². The van der Waals surface area contributed by atoms with E-state index in [9.17, 15) is 19.1 Å². The van der Waals surface area contributed by atoms with Crippen LogP contribution >= 0.6 is 15.9 Å². The van der Waals surface area contributed by atoms with Gasteiger partial charge in [0.2, 0.25) is 5.91 Å². The van der Waals surface area contributed by atoms with Crippen molar-refractivity contribution in [3.05, 3.63) is 28.0 Å². The van der Waals surface area contributed by atoms with Crippen molar-refractivity contribution in [1.29, 1.82) is 0 Å². The van der Waals surface area contributed by atoms with E-state index in [1.54, 1.807) is 13.0 Å². The third-order valence-electron chi connectivity index (χ3n) is 3.98. The highest BCUT2D eigenvalue weighted by Crippen LogP contribution is 2.37. The number of carbonyl (C=O) groups excluding carboxylic acids is 1. The van der Waals surface area contributed by atoms with Gasteiger partial charge in [-0.3, -0.25) is 9.59 Å². The number of amides is 1. The van der Waals surface area contributed by atoms with Crippen LogP contribution in [0.3, 0.4) is 0 Å². The van der Waals surface area contributed by atoms with E-state index in [2.05, 4.69) is 21.2 Å². The fraction of sp³-hybridized carbons (Fsp3) is 0.467. The van der Waals surface area contributed by atoms with Crippen molar-refractivity contribution in [2.75, 3.05) is 5.32 Å². The van der Waals surface area contributed by atoms with E-state index >= 15 is 0 Å². The molecule has 0 spiro atoms. The molecule has 1 aromatic rings. The zero-order valence-corrected chi connectivity index (χ0v) is 13.4. The molecule has 0 aromatic heterocycles. The molecule has 0 heterocycles. The summed E-state index contributed by atoms with van der Waals surface area (Å²) in [5.41, 5.74) is 1.10. The average Bonchev–Trinajstić information content (AvgIpc) is 2.78. The van der Waals surface area contributed by atoms with E-state index in [4.69, 9.17) is 0 Å². The predicted octanol–water partition coefficient (Wildman–Crippen LogP) is 3.58. The third-order valence-corrected chi connectivity index (χ3v) is 4.59. The minimum Gasteiger partial charge on any atom is -0.481 e. The van der Waals surface area contributed by atoms with Gasteiger partial charge in [0.15, 0.2) is 0 Å². The van der Waals surface area contributed by atoms with E-state index in [0.29, 0.717) is 23.0 Å². The number of carboxylic acids is 1. The van der Waals surface area contributed by atoms with Crippen molar-refractivity contribution in [1.82, 2.24) is 0 Å². The lowest BCUT2D eigenvalue weighted by molar-refractivity contribution is -0.145. The van der Waals surface area contributed by atoms with Crippen molar-refractivity contribution >= 4 is 33.5 Å². The lowest BCUT2D eigenvalue weighted by Crippen LogP contribution is -2.30. The van der Waals surface area contributed by atoms with E-state index in [1.165, 1.54) is 6.07 Å². The van der Waals surface area contributed by atoms with Crippen molar-refractivity contribution in [2.45, 2.75) is 26.7 Å². The van der Waals surface area contributed by atoms with Gasteiger partial charge in [-0.25, -0.2) is 4.39 Å².